The first-order valence-corrected chi connectivity index (χ1v) is 7.75. The molecule has 0 unspecified atom stereocenters. The minimum Gasteiger partial charge on any atom is -0.396 e. The molecule has 6 heteroatoms. The number of aliphatic hydroxyl groups excluding tert-OH is 1. The summed E-state index contributed by atoms with van der Waals surface area (Å²) in [5.74, 6) is 0.951. The van der Waals surface area contributed by atoms with Crippen molar-refractivity contribution in [2.45, 2.75) is 12.8 Å². The van der Waals surface area contributed by atoms with E-state index in [4.69, 9.17) is 5.11 Å². The van der Waals surface area contributed by atoms with Crippen molar-refractivity contribution in [2.24, 2.45) is 0 Å². The van der Waals surface area contributed by atoms with Gasteiger partial charge in [0, 0.05) is 30.1 Å². The lowest BCUT2D eigenvalue weighted by Crippen LogP contribution is -2.23. The lowest BCUT2D eigenvalue weighted by atomic mass is 10.2. The molecule has 1 fully saturated rings. The molecular formula is C14H18N2O3S. The molecule has 1 heterocycles. The third-order valence-corrected chi connectivity index (χ3v) is 3.94. The molecule has 1 saturated heterocycles. The first kappa shape index (κ1) is 14.9. The second kappa shape index (κ2) is 7.31. The van der Waals surface area contributed by atoms with Gasteiger partial charge in [-0.25, -0.2) is 0 Å². The topological polar surface area (TPSA) is 69.6 Å². The van der Waals surface area contributed by atoms with E-state index in [-0.39, 0.29) is 18.4 Å². The summed E-state index contributed by atoms with van der Waals surface area (Å²) in [7, 11) is 0. The first-order chi connectivity index (χ1) is 9.70. The number of aliphatic hydroxyl groups is 1. The van der Waals surface area contributed by atoms with Gasteiger partial charge in [0.1, 0.15) is 0 Å². The Morgan fingerprint density at radius 2 is 2.10 bits per heavy atom. The molecular weight excluding hydrogens is 276 g/mol. The minimum absolute atomic E-state index is 0.0799. The SMILES string of the molecule is O=C(CSCCO)Nc1ccc(N2CCCC2=O)cc1. The summed E-state index contributed by atoms with van der Waals surface area (Å²) >= 11 is 1.39. The van der Waals surface area contributed by atoms with Gasteiger partial charge in [-0.3, -0.25) is 9.59 Å². The number of anilines is 2. The summed E-state index contributed by atoms with van der Waals surface area (Å²) in [5.41, 5.74) is 1.59. The van der Waals surface area contributed by atoms with Gasteiger partial charge in [-0.15, -0.1) is 11.8 Å². The van der Waals surface area contributed by atoms with Crippen molar-refractivity contribution < 1.29 is 14.7 Å². The Hall–Kier alpha value is -1.53. The molecule has 0 bridgehead atoms. The summed E-state index contributed by atoms with van der Waals surface area (Å²) in [5, 5.41) is 11.4. The third kappa shape index (κ3) is 3.98. The molecule has 0 atom stereocenters. The molecule has 2 N–H and O–H groups in total. The summed E-state index contributed by atoms with van der Waals surface area (Å²) in [6.45, 7) is 0.846. The summed E-state index contributed by atoms with van der Waals surface area (Å²) in [4.78, 5) is 25.0. The maximum atomic E-state index is 11.6. The van der Waals surface area contributed by atoms with Crippen LogP contribution in [0.15, 0.2) is 24.3 Å². The van der Waals surface area contributed by atoms with Crippen molar-refractivity contribution in [3.05, 3.63) is 24.3 Å². The Morgan fingerprint density at radius 1 is 1.35 bits per heavy atom. The number of carbonyl (C=O) groups excluding carboxylic acids is 2. The molecule has 0 spiro atoms. The lowest BCUT2D eigenvalue weighted by Gasteiger charge is -2.16. The fourth-order valence-electron chi connectivity index (χ4n) is 2.07. The van der Waals surface area contributed by atoms with Gasteiger partial charge in [-0.2, -0.15) is 0 Å². The van der Waals surface area contributed by atoms with Crippen LogP contribution in [0.25, 0.3) is 0 Å². The predicted octanol–water partition coefficient (Wildman–Crippen LogP) is 1.48. The zero-order valence-electron chi connectivity index (χ0n) is 11.2. The standard InChI is InChI=1S/C14H18N2O3S/c17-8-9-20-10-13(18)15-11-3-5-12(6-4-11)16-7-1-2-14(16)19/h3-6,17H,1-2,7-10H2,(H,15,18). The number of hydrogen-bond acceptors (Lipinski definition) is 4. The van der Waals surface area contributed by atoms with Crippen LogP contribution < -0.4 is 10.2 Å². The van der Waals surface area contributed by atoms with Crippen LogP contribution in [0.2, 0.25) is 0 Å². The number of benzene rings is 1. The Labute approximate surface area is 122 Å². The van der Waals surface area contributed by atoms with E-state index >= 15 is 0 Å². The molecule has 1 aliphatic rings. The average Bonchev–Trinajstić information content (AvgIpc) is 2.86. The van der Waals surface area contributed by atoms with Gasteiger partial charge in [-0.05, 0) is 30.7 Å². The van der Waals surface area contributed by atoms with Crippen LogP contribution in [0, 0.1) is 0 Å². The van der Waals surface area contributed by atoms with Crippen LogP contribution >= 0.6 is 11.8 Å². The van der Waals surface area contributed by atoms with Crippen molar-refractivity contribution in [3.63, 3.8) is 0 Å². The van der Waals surface area contributed by atoms with Gasteiger partial charge in [0.2, 0.25) is 11.8 Å². The van der Waals surface area contributed by atoms with E-state index < -0.39 is 0 Å². The van der Waals surface area contributed by atoms with Crippen molar-refractivity contribution in [2.75, 3.05) is 34.9 Å². The number of carbonyl (C=O) groups is 2. The normalized spacial score (nSPS) is 14.7. The highest BCUT2D eigenvalue weighted by molar-refractivity contribution is 7.99. The highest BCUT2D eigenvalue weighted by atomic mass is 32.2. The fourth-order valence-corrected chi connectivity index (χ4v) is 2.60. The Kier molecular flexibility index (Phi) is 5.43. The lowest BCUT2D eigenvalue weighted by molar-refractivity contribution is -0.117. The molecule has 1 aliphatic heterocycles. The van der Waals surface area contributed by atoms with Gasteiger partial charge in [0.25, 0.3) is 0 Å². The van der Waals surface area contributed by atoms with E-state index in [1.165, 1.54) is 11.8 Å². The highest BCUT2D eigenvalue weighted by Crippen LogP contribution is 2.23. The predicted molar refractivity (Wildman–Crippen MR) is 81.1 cm³/mol. The number of nitrogens with one attached hydrogen (secondary N) is 1. The van der Waals surface area contributed by atoms with Crippen LogP contribution in [-0.2, 0) is 9.59 Å². The molecule has 0 aromatic heterocycles. The monoisotopic (exact) mass is 294 g/mol. The molecule has 2 rings (SSSR count). The average molecular weight is 294 g/mol. The molecule has 20 heavy (non-hydrogen) atoms. The van der Waals surface area contributed by atoms with E-state index in [1.807, 2.05) is 12.1 Å². The molecule has 2 amide bonds. The van der Waals surface area contributed by atoms with E-state index in [2.05, 4.69) is 5.32 Å². The fraction of sp³-hybridized carbons (Fsp3) is 0.429. The Balaban J connectivity index is 1.88. The molecule has 5 nitrogen and oxygen atoms in total. The maximum Gasteiger partial charge on any atom is 0.234 e. The van der Waals surface area contributed by atoms with E-state index in [0.29, 0.717) is 17.9 Å². The number of rotatable bonds is 6. The van der Waals surface area contributed by atoms with Crippen LogP contribution in [0.5, 0.6) is 0 Å². The van der Waals surface area contributed by atoms with Crippen molar-refractivity contribution in [1.82, 2.24) is 0 Å². The summed E-state index contributed by atoms with van der Waals surface area (Å²) in [6, 6.07) is 7.30. The van der Waals surface area contributed by atoms with E-state index in [9.17, 15) is 9.59 Å². The van der Waals surface area contributed by atoms with Crippen LogP contribution in [-0.4, -0.2) is 41.6 Å². The number of amides is 2. The smallest absolute Gasteiger partial charge is 0.234 e. The molecule has 0 aliphatic carbocycles. The minimum atomic E-state index is -0.0894. The Morgan fingerprint density at radius 3 is 2.70 bits per heavy atom. The maximum absolute atomic E-state index is 11.6. The molecule has 108 valence electrons. The molecule has 0 saturated carbocycles. The van der Waals surface area contributed by atoms with Crippen LogP contribution in [0.3, 0.4) is 0 Å². The first-order valence-electron chi connectivity index (χ1n) is 6.59. The molecule has 0 radical (unpaired) electrons. The zero-order valence-corrected chi connectivity index (χ0v) is 12.0. The van der Waals surface area contributed by atoms with Gasteiger partial charge in [0.15, 0.2) is 0 Å². The third-order valence-electron chi connectivity index (χ3n) is 3.00. The zero-order chi connectivity index (χ0) is 14.4. The van der Waals surface area contributed by atoms with Gasteiger partial charge >= 0.3 is 0 Å². The quantitative estimate of drug-likeness (QED) is 0.780. The van der Waals surface area contributed by atoms with Crippen molar-refractivity contribution >= 4 is 35.0 Å². The second-order valence-electron chi connectivity index (χ2n) is 4.52. The van der Waals surface area contributed by atoms with E-state index in [0.717, 1.165) is 24.3 Å². The summed E-state index contributed by atoms with van der Waals surface area (Å²) < 4.78 is 0. The van der Waals surface area contributed by atoms with Crippen molar-refractivity contribution in [1.29, 1.82) is 0 Å². The van der Waals surface area contributed by atoms with E-state index in [1.54, 1.807) is 17.0 Å². The molecule has 1 aromatic rings. The number of hydrogen-bond donors (Lipinski definition) is 2. The number of nitrogens with zero attached hydrogens (tertiary/aromatic N) is 1. The van der Waals surface area contributed by atoms with Crippen LogP contribution in [0.4, 0.5) is 11.4 Å². The van der Waals surface area contributed by atoms with Gasteiger partial charge in [0.05, 0.1) is 12.4 Å². The Bertz CT molecular complexity index is 476. The van der Waals surface area contributed by atoms with Crippen molar-refractivity contribution in [3.8, 4) is 0 Å². The molecule has 1 aromatic carbocycles. The van der Waals surface area contributed by atoms with Gasteiger partial charge in [-0.1, -0.05) is 0 Å². The van der Waals surface area contributed by atoms with Crippen LogP contribution in [0.1, 0.15) is 12.8 Å². The van der Waals surface area contributed by atoms with Gasteiger partial charge < -0.3 is 15.3 Å². The summed E-state index contributed by atoms with van der Waals surface area (Å²) in [6.07, 6.45) is 1.51. The number of thioether (sulfide) groups is 1. The highest BCUT2D eigenvalue weighted by Gasteiger charge is 2.21. The largest absolute Gasteiger partial charge is 0.396 e. The second-order valence-corrected chi connectivity index (χ2v) is 5.63.